The number of carbonyl (C=O) groups excluding carboxylic acids is 2. The number of benzene rings is 1. The molecule has 6 nitrogen and oxygen atoms in total. The van der Waals surface area contributed by atoms with Crippen LogP contribution < -0.4 is 0 Å². The highest BCUT2D eigenvalue weighted by molar-refractivity contribution is 6.06. The third-order valence-electron chi connectivity index (χ3n) is 6.55. The Morgan fingerprint density at radius 2 is 1.93 bits per heavy atom. The van der Waals surface area contributed by atoms with E-state index in [4.69, 9.17) is 0 Å². The Kier molecular flexibility index (Phi) is 4.52. The number of aliphatic hydroxyl groups excluding tert-OH is 1. The highest BCUT2D eigenvalue weighted by atomic mass is 19.1. The Balaban J connectivity index is 1.40. The van der Waals surface area contributed by atoms with Gasteiger partial charge in [-0.25, -0.2) is 4.39 Å². The van der Waals surface area contributed by atoms with Crippen LogP contribution in [0.3, 0.4) is 0 Å². The molecule has 3 aliphatic heterocycles. The molecule has 0 aliphatic carbocycles. The van der Waals surface area contributed by atoms with Gasteiger partial charge in [-0.2, -0.15) is 0 Å². The summed E-state index contributed by atoms with van der Waals surface area (Å²) >= 11 is 0. The van der Waals surface area contributed by atoms with Gasteiger partial charge in [0.1, 0.15) is 5.82 Å². The van der Waals surface area contributed by atoms with Crippen LogP contribution in [0.2, 0.25) is 0 Å². The van der Waals surface area contributed by atoms with Crippen molar-refractivity contribution in [1.82, 2.24) is 14.8 Å². The summed E-state index contributed by atoms with van der Waals surface area (Å²) in [5, 5.41) is 10.1. The summed E-state index contributed by atoms with van der Waals surface area (Å²) in [6.45, 7) is 0.461. The predicted molar refractivity (Wildman–Crippen MR) is 108 cm³/mol. The third kappa shape index (κ3) is 2.97. The number of aliphatic hydroxyl groups is 1. The Morgan fingerprint density at radius 1 is 1.13 bits per heavy atom. The first-order valence-electron chi connectivity index (χ1n) is 10.1. The van der Waals surface area contributed by atoms with Crippen LogP contribution in [0.25, 0.3) is 17.2 Å². The van der Waals surface area contributed by atoms with E-state index in [1.54, 1.807) is 12.3 Å². The van der Waals surface area contributed by atoms with Gasteiger partial charge in [0, 0.05) is 37.4 Å². The third-order valence-corrected chi connectivity index (χ3v) is 6.55. The SMILES string of the molecule is CN1C(=O)C2C(C1=O)C1C[C@@H](O)CN1C2/C=C/c1ccc(-c2cccc(F)c2)cn1. The highest BCUT2D eigenvalue weighted by Gasteiger charge is 2.62. The first-order valence-corrected chi connectivity index (χ1v) is 10.1. The quantitative estimate of drug-likeness (QED) is 0.788. The summed E-state index contributed by atoms with van der Waals surface area (Å²) in [6.07, 6.45) is 5.49. The number of rotatable bonds is 3. The zero-order valence-electron chi connectivity index (χ0n) is 16.5. The van der Waals surface area contributed by atoms with Crippen molar-refractivity contribution in [1.29, 1.82) is 0 Å². The minimum Gasteiger partial charge on any atom is -0.392 e. The number of pyridine rings is 1. The van der Waals surface area contributed by atoms with E-state index < -0.39 is 17.9 Å². The van der Waals surface area contributed by atoms with Gasteiger partial charge in [0.25, 0.3) is 0 Å². The van der Waals surface area contributed by atoms with E-state index in [2.05, 4.69) is 9.88 Å². The summed E-state index contributed by atoms with van der Waals surface area (Å²) in [5.74, 6) is -1.41. The maximum Gasteiger partial charge on any atom is 0.234 e. The van der Waals surface area contributed by atoms with Crippen LogP contribution in [0, 0.1) is 17.7 Å². The smallest absolute Gasteiger partial charge is 0.234 e. The van der Waals surface area contributed by atoms with Crippen molar-refractivity contribution >= 4 is 17.9 Å². The second-order valence-electron chi connectivity index (χ2n) is 8.27. The molecule has 2 aromatic rings. The number of fused-ring (bicyclic) bond motifs is 3. The van der Waals surface area contributed by atoms with Crippen molar-refractivity contribution in [2.75, 3.05) is 13.6 Å². The Bertz CT molecular complexity index is 1040. The second-order valence-corrected chi connectivity index (χ2v) is 8.27. The molecule has 2 amide bonds. The molecule has 1 aromatic heterocycles. The van der Waals surface area contributed by atoms with Gasteiger partial charge in [0.15, 0.2) is 0 Å². The van der Waals surface area contributed by atoms with Crippen LogP contribution >= 0.6 is 0 Å². The minimum atomic E-state index is -0.482. The topological polar surface area (TPSA) is 73.7 Å². The van der Waals surface area contributed by atoms with Crippen LogP contribution in [0.4, 0.5) is 4.39 Å². The molecule has 1 N–H and O–H groups in total. The van der Waals surface area contributed by atoms with Crippen molar-refractivity contribution in [2.24, 2.45) is 11.8 Å². The van der Waals surface area contributed by atoms with E-state index in [1.807, 2.05) is 30.4 Å². The van der Waals surface area contributed by atoms with Crippen LogP contribution in [0.5, 0.6) is 0 Å². The molecule has 0 spiro atoms. The summed E-state index contributed by atoms with van der Waals surface area (Å²) in [4.78, 5) is 33.0. The predicted octanol–water partition coefficient (Wildman–Crippen LogP) is 1.95. The van der Waals surface area contributed by atoms with Gasteiger partial charge in [-0.15, -0.1) is 0 Å². The molecule has 30 heavy (non-hydrogen) atoms. The first-order chi connectivity index (χ1) is 14.4. The molecule has 0 radical (unpaired) electrons. The number of aromatic nitrogens is 1. The van der Waals surface area contributed by atoms with Crippen molar-refractivity contribution in [3.63, 3.8) is 0 Å². The van der Waals surface area contributed by atoms with E-state index in [0.717, 1.165) is 11.1 Å². The number of hydrogen-bond acceptors (Lipinski definition) is 5. The Hall–Kier alpha value is -2.90. The number of halogens is 1. The molecular weight excluding hydrogens is 385 g/mol. The maximum absolute atomic E-state index is 13.4. The molecule has 7 heteroatoms. The molecule has 154 valence electrons. The molecule has 3 fully saturated rings. The monoisotopic (exact) mass is 407 g/mol. The van der Waals surface area contributed by atoms with Gasteiger partial charge in [0.05, 0.1) is 23.6 Å². The van der Waals surface area contributed by atoms with E-state index in [9.17, 15) is 19.1 Å². The lowest BCUT2D eigenvalue weighted by Gasteiger charge is -2.25. The van der Waals surface area contributed by atoms with E-state index in [-0.39, 0.29) is 29.7 Å². The lowest BCUT2D eigenvalue weighted by molar-refractivity contribution is -0.139. The molecule has 5 rings (SSSR count). The van der Waals surface area contributed by atoms with Gasteiger partial charge >= 0.3 is 0 Å². The zero-order chi connectivity index (χ0) is 21.0. The Labute approximate surface area is 173 Å². The number of likely N-dealkylation sites (tertiary alicyclic amines) is 1. The van der Waals surface area contributed by atoms with E-state index in [0.29, 0.717) is 18.7 Å². The number of carbonyl (C=O) groups is 2. The van der Waals surface area contributed by atoms with E-state index in [1.165, 1.54) is 24.1 Å². The average molecular weight is 407 g/mol. The standard InChI is InChI=1S/C23H22FN3O3/c1-26-22(29)20-18(27-12-17(28)10-19(27)21(20)23(26)30)8-7-16-6-5-14(11-25-16)13-3-2-4-15(24)9-13/h2-9,11,17-21,28H,10,12H2,1H3/b8-7+/t17-,18?,19?,20?,21?/m1/s1. The minimum absolute atomic E-state index is 0.107. The van der Waals surface area contributed by atoms with Gasteiger partial charge in [0.2, 0.25) is 11.8 Å². The fraction of sp³-hybridized carbons (Fsp3) is 0.348. The lowest BCUT2D eigenvalue weighted by Crippen LogP contribution is -2.40. The van der Waals surface area contributed by atoms with Gasteiger partial charge < -0.3 is 5.11 Å². The van der Waals surface area contributed by atoms with Crippen molar-refractivity contribution in [2.45, 2.75) is 24.6 Å². The van der Waals surface area contributed by atoms with Gasteiger partial charge in [-0.3, -0.25) is 24.4 Å². The second kappa shape index (κ2) is 7.11. The van der Waals surface area contributed by atoms with Crippen LogP contribution in [-0.4, -0.2) is 63.5 Å². The molecule has 4 heterocycles. The zero-order valence-corrected chi connectivity index (χ0v) is 16.5. The van der Waals surface area contributed by atoms with Crippen LogP contribution in [0.15, 0.2) is 48.7 Å². The summed E-state index contributed by atoms with van der Waals surface area (Å²) in [7, 11) is 1.53. The van der Waals surface area contributed by atoms with Crippen molar-refractivity contribution in [3.05, 3.63) is 60.2 Å². The van der Waals surface area contributed by atoms with Crippen molar-refractivity contribution in [3.8, 4) is 11.1 Å². The average Bonchev–Trinajstić information content (AvgIpc) is 3.32. The number of nitrogens with zero attached hydrogens (tertiary/aromatic N) is 3. The first kappa shape index (κ1) is 19.1. The highest BCUT2D eigenvalue weighted by Crippen LogP contribution is 2.46. The molecular formula is C23H22FN3O3. The summed E-state index contributed by atoms with van der Waals surface area (Å²) < 4.78 is 13.4. The van der Waals surface area contributed by atoms with Crippen LogP contribution in [-0.2, 0) is 9.59 Å². The summed E-state index contributed by atoms with van der Waals surface area (Å²) in [5.41, 5.74) is 2.28. The normalized spacial score (nSPS) is 31.0. The lowest BCUT2D eigenvalue weighted by atomic mass is 9.87. The van der Waals surface area contributed by atoms with Gasteiger partial charge in [-0.05, 0) is 36.3 Å². The number of amides is 2. The molecule has 1 aromatic carbocycles. The summed E-state index contributed by atoms with van der Waals surface area (Å²) in [6, 6.07) is 9.71. The molecule has 3 saturated heterocycles. The molecule has 0 bridgehead atoms. The number of hydrogen-bond donors (Lipinski definition) is 1. The Morgan fingerprint density at radius 3 is 2.67 bits per heavy atom. The molecule has 5 atom stereocenters. The van der Waals surface area contributed by atoms with E-state index >= 15 is 0 Å². The maximum atomic E-state index is 13.4. The molecule has 3 aliphatic rings. The van der Waals surface area contributed by atoms with Gasteiger partial charge in [-0.1, -0.05) is 24.3 Å². The largest absolute Gasteiger partial charge is 0.392 e. The van der Waals surface area contributed by atoms with Crippen LogP contribution in [0.1, 0.15) is 12.1 Å². The van der Waals surface area contributed by atoms with Crippen molar-refractivity contribution < 1.29 is 19.1 Å². The molecule has 4 unspecified atom stereocenters. The fourth-order valence-electron chi connectivity index (χ4n) is 5.17. The molecule has 0 saturated carbocycles. The fourth-order valence-corrected chi connectivity index (χ4v) is 5.17. The number of imide groups is 1.